The van der Waals surface area contributed by atoms with Crippen LogP contribution in [0, 0.1) is 16.7 Å². The Morgan fingerprint density at radius 3 is 1.90 bits per heavy atom. The molecule has 1 aliphatic rings. The highest BCUT2D eigenvalue weighted by atomic mass is 16.2. The van der Waals surface area contributed by atoms with Gasteiger partial charge in [0.1, 0.15) is 0 Å². The van der Waals surface area contributed by atoms with Gasteiger partial charge in [0.05, 0.1) is 0 Å². The number of piperazine rings is 1. The Hall–Kier alpha value is -0.570. The van der Waals surface area contributed by atoms with Crippen molar-refractivity contribution >= 4 is 5.91 Å². The number of hydrogen-bond acceptors (Lipinski definition) is 2. The van der Waals surface area contributed by atoms with Crippen LogP contribution >= 0.6 is 0 Å². The molecule has 1 atom stereocenters. The Bertz CT molecular complexity index is 317. The third-order valence-corrected chi connectivity index (χ3v) is 4.53. The first-order valence-electron chi connectivity index (χ1n) is 8.02. The van der Waals surface area contributed by atoms with E-state index in [1.807, 2.05) is 0 Å². The van der Waals surface area contributed by atoms with Crippen LogP contribution in [0.1, 0.15) is 54.9 Å². The van der Waals surface area contributed by atoms with E-state index >= 15 is 0 Å². The molecule has 3 heteroatoms. The fourth-order valence-corrected chi connectivity index (χ4v) is 2.33. The van der Waals surface area contributed by atoms with Crippen LogP contribution in [0.15, 0.2) is 0 Å². The quantitative estimate of drug-likeness (QED) is 0.793. The fourth-order valence-electron chi connectivity index (χ4n) is 2.33. The molecule has 118 valence electrons. The molecule has 0 saturated carbocycles. The zero-order valence-corrected chi connectivity index (χ0v) is 14.6. The first-order valence-corrected chi connectivity index (χ1v) is 8.02. The predicted molar refractivity (Wildman–Crippen MR) is 85.7 cm³/mol. The van der Waals surface area contributed by atoms with Gasteiger partial charge in [-0.25, -0.2) is 0 Å². The minimum Gasteiger partial charge on any atom is -0.340 e. The molecule has 0 bridgehead atoms. The average molecular weight is 282 g/mol. The summed E-state index contributed by atoms with van der Waals surface area (Å²) < 4.78 is 0. The Kier molecular flexibility index (Phi) is 5.65. The van der Waals surface area contributed by atoms with E-state index < -0.39 is 0 Å². The van der Waals surface area contributed by atoms with Gasteiger partial charge in [0, 0.05) is 32.1 Å². The lowest BCUT2D eigenvalue weighted by Gasteiger charge is -2.39. The summed E-state index contributed by atoms with van der Waals surface area (Å²) in [5.41, 5.74) is 0.453. The van der Waals surface area contributed by atoms with Crippen LogP contribution in [0.4, 0.5) is 0 Å². The monoisotopic (exact) mass is 282 g/mol. The molecule has 0 aromatic heterocycles. The zero-order chi connectivity index (χ0) is 15.6. The normalized spacial score (nSPS) is 20.1. The van der Waals surface area contributed by atoms with E-state index in [2.05, 4.69) is 58.3 Å². The van der Waals surface area contributed by atoms with Crippen molar-refractivity contribution in [2.45, 2.75) is 54.9 Å². The van der Waals surface area contributed by atoms with Crippen LogP contribution in [-0.4, -0.2) is 48.4 Å². The van der Waals surface area contributed by atoms with Gasteiger partial charge in [-0.1, -0.05) is 48.5 Å². The number of carbonyl (C=O) groups excluding carboxylic acids is 1. The van der Waals surface area contributed by atoms with E-state index in [4.69, 9.17) is 0 Å². The maximum absolute atomic E-state index is 12.5. The third kappa shape index (κ3) is 5.43. The standard InChI is InChI=1S/C17H34N2O/c1-14(17(5,6)7)15(20)19-12-10-18(11-13-19)9-8-16(2,3)4/h14H,8-13H2,1-7H3/t14-/m0/s1. The second-order valence-corrected chi connectivity index (χ2v) is 8.57. The minimum atomic E-state index is 0.0560. The van der Waals surface area contributed by atoms with Crippen molar-refractivity contribution < 1.29 is 4.79 Å². The number of nitrogens with zero attached hydrogens (tertiary/aromatic N) is 2. The second-order valence-electron chi connectivity index (χ2n) is 8.57. The molecule has 0 spiro atoms. The summed E-state index contributed by atoms with van der Waals surface area (Å²) in [6.07, 6.45) is 1.22. The van der Waals surface area contributed by atoms with Gasteiger partial charge in [-0.05, 0) is 23.8 Å². The van der Waals surface area contributed by atoms with Crippen molar-refractivity contribution in [1.82, 2.24) is 9.80 Å². The van der Waals surface area contributed by atoms with Crippen molar-refractivity contribution in [1.29, 1.82) is 0 Å². The van der Waals surface area contributed by atoms with E-state index in [1.54, 1.807) is 0 Å². The van der Waals surface area contributed by atoms with Crippen LogP contribution in [0.3, 0.4) is 0 Å². The van der Waals surface area contributed by atoms with Crippen molar-refractivity contribution in [3.05, 3.63) is 0 Å². The number of hydrogen-bond donors (Lipinski definition) is 0. The highest BCUT2D eigenvalue weighted by molar-refractivity contribution is 5.79. The van der Waals surface area contributed by atoms with Gasteiger partial charge in [0.15, 0.2) is 0 Å². The van der Waals surface area contributed by atoms with Crippen molar-refractivity contribution in [3.8, 4) is 0 Å². The summed E-state index contributed by atoms with van der Waals surface area (Å²) in [5.74, 6) is 0.427. The molecule has 1 heterocycles. The summed E-state index contributed by atoms with van der Waals surface area (Å²) in [6, 6.07) is 0. The molecule has 1 amide bonds. The number of rotatable bonds is 3. The number of amides is 1. The van der Waals surface area contributed by atoms with Gasteiger partial charge in [-0.3, -0.25) is 9.69 Å². The summed E-state index contributed by atoms with van der Waals surface area (Å²) >= 11 is 0. The van der Waals surface area contributed by atoms with Gasteiger partial charge in [-0.2, -0.15) is 0 Å². The molecule has 0 unspecified atom stereocenters. The molecule has 0 radical (unpaired) electrons. The third-order valence-electron chi connectivity index (χ3n) is 4.53. The lowest BCUT2D eigenvalue weighted by molar-refractivity contribution is -0.140. The summed E-state index contributed by atoms with van der Waals surface area (Å²) in [7, 11) is 0. The second kappa shape index (κ2) is 6.46. The maximum atomic E-state index is 12.5. The summed E-state index contributed by atoms with van der Waals surface area (Å²) in [5, 5.41) is 0. The molecule has 1 aliphatic heterocycles. The van der Waals surface area contributed by atoms with Crippen molar-refractivity contribution in [3.63, 3.8) is 0 Å². The van der Waals surface area contributed by atoms with E-state index in [0.29, 0.717) is 11.3 Å². The van der Waals surface area contributed by atoms with Gasteiger partial charge < -0.3 is 4.90 Å². The van der Waals surface area contributed by atoms with Crippen molar-refractivity contribution in [2.75, 3.05) is 32.7 Å². The van der Waals surface area contributed by atoms with Crippen LogP contribution in [0.5, 0.6) is 0 Å². The zero-order valence-electron chi connectivity index (χ0n) is 14.6. The molecular formula is C17H34N2O. The van der Waals surface area contributed by atoms with Crippen LogP contribution in [-0.2, 0) is 4.79 Å². The average Bonchev–Trinajstić information content (AvgIpc) is 2.33. The van der Waals surface area contributed by atoms with Crippen LogP contribution in [0.25, 0.3) is 0 Å². The topological polar surface area (TPSA) is 23.6 Å². The Labute approximate surface area is 125 Å². The van der Waals surface area contributed by atoms with Gasteiger partial charge in [0.25, 0.3) is 0 Å². The first kappa shape index (κ1) is 17.5. The van der Waals surface area contributed by atoms with Gasteiger partial charge in [-0.15, -0.1) is 0 Å². The van der Waals surface area contributed by atoms with Crippen LogP contribution in [0.2, 0.25) is 0 Å². The highest BCUT2D eigenvalue weighted by Gasteiger charge is 2.31. The lowest BCUT2D eigenvalue weighted by Crippen LogP contribution is -2.51. The molecule has 1 fully saturated rings. The largest absolute Gasteiger partial charge is 0.340 e. The molecule has 1 rings (SSSR count). The minimum absolute atomic E-state index is 0.0560. The predicted octanol–water partition coefficient (Wildman–Crippen LogP) is 3.25. The maximum Gasteiger partial charge on any atom is 0.226 e. The lowest BCUT2D eigenvalue weighted by atomic mass is 9.81. The van der Waals surface area contributed by atoms with Gasteiger partial charge >= 0.3 is 0 Å². The summed E-state index contributed by atoms with van der Waals surface area (Å²) in [6.45, 7) is 20.4. The fraction of sp³-hybridized carbons (Fsp3) is 0.941. The number of carbonyl (C=O) groups is 1. The molecule has 0 aromatic rings. The Morgan fingerprint density at radius 2 is 1.50 bits per heavy atom. The Balaban J connectivity index is 2.41. The Morgan fingerprint density at radius 1 is 1.00 bits per heavy atom. The summed E-state index contributed by atoms with van der Waals surface area (Å²) in [4.78, 5) is 17.0. The molecule has 0 N–H and O–H groups in total. The molecule has 1 saturated heterocycles. The van der Waals surface area contributed by atoms with E-state index in [9.17, 15) is 4.79 Å². The smallest absolute Gasteiger partial charge is 0.226 e. The molecule has 0 aromatic carbocycles. The van der Waals surface area contributed by atoms with E-state index in [1.165, 1.54) is 6.42 Å². The SMILES string of the molecule is C[C@@H](C(=O)N1CCN(CCC(C)(C)C)CC1)C(C)(C)C. The van der Waals surface area contributed by atoms with Crippen LogP contribution < -0.4 is 0 Å². The highest BCUT2D eigenvalue weighted by Crippen LogP contribution is 2.27. The molecular weight excluding hydrogens is 248 g/mol. The van der Waals surface area contributed by atoms with Gasteiger partial charge in [0.2, 0.25) is 5.91 Å². The molecule has 0 aliphatic carbocycles. The first-order chi connectivity index (χ1) is 9.00. The molecule has 3 nitrogen and oxygen atoms in total. The molecule has 20 heavy (non-hydrogen) atoms. The van der Waals surface area contributed by atoms with E-state index in [0.717, 1.165) is 32.7 Å². The van der Waals surface area contributed by atoms with E-state index in [-0.39, 0.29) is 11.3 Å². The van der Waals surface area contributed by atoms with Crippen molar-refractivity contribution in [2.24, 2.45) is 16.7 Å².